The molecule has 34 heavy (non-hydrogen) atoms. The Morgan fingerprint density at radius 3 is 1.24 bits per heavy atom. The van der Waals surface area contributed by atoms with Crippen LogP contribution in [0.3, 0.4) is 0 Å². The highest BCUT2D eigenvalue weighted by molar-refractivity contribution is 5.87. The van der Waals surface area contributed by atoms with Crippen molar-refractivity contribution in [1.29, 1.82) is 0 Å². The van der Waals surface area contributed by atoms with E-state index in [-0.39, 0.29) is 0 Å². The largest absolute Gasteiger partial charge is 0.456 e. The van der Waals surface area contributed by atoms with E-state index in [9.17, 15) is 75.0 Å². The maximum atomic E-state index is 13.6. The third kappa shape index (κ3) is 4.38. The van der Waals surface area contributed by atoms with Crippen molar-refractivity contribution in [2.45, 2.75) is 61.2 Å². The average Bonchev–Trinajstić information content (AvgIpc) is 2.70. The summed E-state index contributed by atoms with van der Waals surface area (Å²) in [5.74, 6) is -64.8. The molecule has 0 aromatic rings. The van der Waals surface area contributed by atoms with Crippen molar-refractivity contribution < 1.29 is 84.9 Å². The van der Waals surface area contributed by atoms with Crippen LogP contribution in [0.2, 0.25) is 0 Å². The standard InChI is InChI=1S/C15H12F16O3/c1-3-6(2)7(33)34-5-9(18,19)11(22,23)13(26,27)15(30,31)14(28,29)12(24,25)10(20,21)8(16,17)4-32/h3,32H,4-5H2,1-2H3. The van der Waals surface area contributed by atoms with Gasteiger partial charge in [-0.15, -0.1) is 0 Å². The number of alkyl halides is 16. The Labute approximate surface area is 178 Å². The first-order valence-electron chi connectivity index (χ1n) is 8.11. The number of hydrogen-bond acceptors (Lipinski definition) is 3. The summed E-state index contributed by atoms with van der Waals surface area (Å²) >= 11 is 0. The number of ether oxygens (including phenoxy) is 1. The van der Waals surface area contributed by atoms with Crippen LogP contribution in [0.25, 0.3) is 0 Å². The Kier molecular flexibility index (Phi) is 8.41. The Hall–Kier alpha value is -1.95. The van der Waals surface area contributed by atoms with E-state index in [0.29, 0.717) is 0 Å². The fourth-order valence-corrected chi connectivity index (χ4v) is 1.83. The van der Waals surface area contributed by atoms with Gasteiger partial charge < -0.3 is 9.84 Å². The van der Waals surface area contributed by atoms with Gasteiger partial charge in [0.1, 0.15) is 6.61 Å². The molecule has 0 amide bonds. The van der Waals surface area contributed by atoms with Gasteiger partial charge in [0.15, 0.2) is 6.61 Å². The SMILES string of the molecule is CC=C(C)C(=O)OCC(F)(F)C(F)(F)C(F)(F)C(F)(F)C(F)(F)C(F)(F)C(F)(F)C(F)(F)CO. The summed E-state index contributed by atoms with van der Waals surface area (Å²) < 4.78 is 217. The molecule has 0 unspecified atom stereocenters. The van der Waals surface area contributed by atoms with Crippen LogP contribution in [0.1, 0.15) is 13.8 Å². The smallest absolute Gasteiger partial charge is 0.385 e. The summed E-state index contributed by atoms with van der Waals surface area (Å²) in [4.78, 5) is 11.1. The first-order valence-corrected chi connectivity index (χ1v) is 8.11. The third-order valence-electron chi connectivity index (χ3n) is 4.23. The van der Waals surface area contributed by atoms with Crippen molar-refractivity contribution in [3.63, 3.8) is 0 Å². The van der Waals surface area contributed by atoms with E-state index in [0.717, 1.165) is 19.9 Å². The first kappa shape index (κ1) is 32.0. The van der Waals surface area contributed by atoms with Crippen LogP contribution in [0.5, 0.6) is 0 Å². The molecule has 0 spiro atoms. The van der Waals surface area contributed by atoms with E-state index in [4.69, 9.17) is 5.11 Å². The molecule has 0 aromatic carbocycles. The molecule has 0 rings (SSSR count). The summed E-state index contributed by atoms with van der Waals surface area (Å²) in [7, 11) is 0. The maximum Gasteiger partial charge on any atom is 0.385 e. The van der Waals surface area contributed by atoms with Crippen LogP contribution in [-0.4, -0.2) is 71.7 Å². The number of esters is 1. The lowest BCUT2D eigenvalue weighted by molar-refractivity contribution is -0.454. The topological polar surface area (TPSA) is 46.5 Å². The Balaban J connectivity index is 6.55. The summed E-state index contributed by atoms with van der Waals surface area (Å²) in [6, 6.07) is 0. The molecule has 19 heteroatoms. The van der Waals surface area contributed by atoms with Gasteiger partial charge in [0.25, 0.3) is 0 Å². The summed E-state index contributed by atoms with van der Waals surface area (Å²) in [6.07, 6.45) is 0.784. The monoisotopic (exact) mass is 544 g/mol. The highest BCUT2D eigenvalue weighted by Crippen LogP contribution is 2.63. The number of hydrogen-bond donors (Lipinski definition) is 1. The van der Waals surface area contributed by atoms with Crippen LogP contribution in [-0.2, 0) is 9.53 Å². The van der Waals surface area contributed by atoms with Gasteiger partial charge in [-0.05, 0) is 13.8 Å². The molecule has 0 saturated heterocycles. The molecular formula is C15H12F16O3. The fourth-order valence-electron chi connectivity index (χ4n) is 1.83. The van der Waals surface area contributed by atoms with Crippen LogP contribution in [0.4, 0.5) is 70.2 Å². The second-order valence-corrected chi connectivity index (χ2v) is 6.56. The molecule has 0 fully saturated rings. The lowest BCUT2D eigenvalue weighted by atomic mass is 9.88. The lowest BCUT2D eigenvalue weighted by Gasteiger charge is -2.43. The molecule has 1 N–H and O–H groups in total. The fraction of sp³-hybridized carbons (Fsp3) is 0.800. The lowest BCUT2D eigenvalue weighted by Crippen LogP contribution is -2.75. The predicted molar refractivity (Wildman–Crippen MR) is 77.1 cm³/mol. The summed E-state index contributed by atoms with van der Waals surface area (Å²) in [5.41, 5.74) is -0.644. The maximum absolute atomic E-state index is 13.6. The summed E-state index contributed by atoms with van der Waals surface area (Å²) in [5, 5.41) is 7.91. The minimum absolute atomic E-state index is 0.644. The van der Waals surface area contributed by atoms with E-state index in [2.05, 4.69) is 4.74 Å². The number of aliphatic hydroxyl groups is 1. The van der Waals surface area contributed by atoms with E-state index in [1.54, 1.807) is 0 Å². The van der Waals surface area contributed by atoms with Crippen molar-refractivity contribution >= 4 is 5.97 Å². The second kappa shape index (κ2) is 8.92. The molecule has 0 atom stereocenters. The Bertz CT molecular complexity index is 787. The van der Waals surface area contributed by atoms with Gasteiger partial charge >= 0.3 is 53.3 Å². The van der Waals surface area contributed by atoms with Gasteiger partial charge in [-0.2, -0.15) is 70.2 Å². The summed E-state index contributed by atoms with van der Waals surface area (Å²) in [6.45, 7) is -4.85. The van der Waals surface area contributed by atoms with Crippen molar-refractivity contribution in [2.24, 2.45) is 0 Å². The predicted octanol–water partition coefficient (Wildman–Crippen LogP) is 5.57. The van der Waals surface area contributed by atoms with Crippen LogP contribution in [0.15, 0.2) is 11.6 Å². The number of carbonyl (C=O) groups is 1. The zero-order valence-electron chi connectivity index (χ0n) is 16.3. The molecule has 0 aliphatic carbocycles. The number of aliphatic hydroxyl groups excluding tert-OH is 1. The number of halogens is 16. The van der Waals surface area contributed by atoms with Crippen LogP contribution in [0, 0.1) is 0 Å². The first-order chi connectivity index (χ1) is 14.7. The molecule has 0 aliphatic heterocycles. The van der Waals surface area contributed by atoms with E-state index >= 15 is 0 Å². The van der Waals surface area contributed by atoms with Crippen molar-refractivity contribution in [1.82, 2.24) is 0 Å². The molecule has 0 aliphatic rings. The molecule has 0 radical (unpaired) electrons. The Morgan fingerprint density at radius 1 is 0.647 bits per heavy atom. The number of allylic oxidation sites excluding steroid dienone is 1. The molecular weight excluding hydrogens is 532 g/mol. The molecule has 0 saturated carbocycles. The van der Waals surface area contributed by atoms with Crippen molar-refractivity contribution in [3.05, 3.63) is 11.6 Å². The van der Waals surface area contributed by atoms with Crippen molar-refractivity contribution in [3.8, 4) is 0 Å². The minimum Gasteiger partial charge on any atom is -0.456 e. The van der Waals surface area contributed by atoms with Crippen molar-refractivity contribution in [2.75, 3.05) is 13.2 Å². The van der Waals surface area contributed by atoms with Gasteiger partial charge in [-0.3, -0.25) is 0 Å². The number of carbonyl (C=O) groups excluding carboxylic acids is 1. The van der Waals surface area contributed by atoms with Crippen LogP contribution < -0.4 is 0 Å². The van der Waals surface area contributed by atoms with Gasteiger partial charge in [0.05, 0.1) is 0 Å². The van der Waals surface area contributed by atoms with E-state index in [1.165, 1.54) is 0 Å². The molecule has 0 bridgehead atoms. The van der Waals surface area contributed by atoms with E-state index < -0.39 is 72.1 Å². The number of rotatable bonds is 11. The zero-order chi connectivity index (χ0) is 28.0. The quantitative estimate of drug-likeness (QED) is 0.210. The van der Waals surface area contributed by atoms with E-state index in [1.807, 2.05) is 0 Å². The highest BCUT2D eigenvalue weighted by Gasteiger charge is 2.94. The second-order valence-electron chi connectivity index (χ2n) is 6.56. The van der Waals surface area contributed by atoms with Gasteiger partial charge in [0, 0.05) is 5.57 Å². The van der Waals surface area contributed by atoms with Gasteiger partial charge in [-0.1, -0.05) is 6.08 Å². The normalized spacial score (nSPS) is 16.0. The molecule has 3 nitrogen and oxygen atoms in total. The highest BCUT2D eigenvalue weighted by atomic mass is 19.4. The zero-order valence-corrected chi connectivity index (χ0v) is 16.3. The van der Waals surface area contributed by atoms with Gasteiger partial charge in [-0.25, -0.2) is 4.79 Å². The third-order valence-corrected chi connectivity index (χ3v) is 4.23. The Morgan fingerprint density at radius 2 is 0.941 bits per heavy atom. The van der Waals surface area contributed by atoms with Crippen LogP contribution >= 0.6 is 0 Å². The van der Waals surface area contributed by atoms with Gasteiger partial charge in [0.2, 0.25) is 0 Å². The molecule has 0 aromatic heterocycles. The minimum atomic E-state index is -8.57. The average molecular weight is 544 g/mol. The molecule has 202 valence electrons. The molecule has 0 heterocycles.